The van der Waals surface area contributed by atoms with E-state index in [9.17, 15) is 23.3 Å². The van der Waals surface area contributed by atoms with Gasteiger partial charge in [-0.05, 0) is 6.07 Å². The van der Waals surface area contributed by atoms with Crippen LogP contribution in [0.25, 0.3) is 0 Å². The molecule has 0 saturated heterocycles. The number of halogens is 1. The Hall–Kier alpha value is -1.71. The maximum absolute atomic E-state index is 11.7. The van der Waals surface area contributed by atoms with Crippen LogP contribution in [0.3, 0.4) is 0 Å². The highest BCUT2D eigenvalue weighted by molar-refractivity contribution is 8.13. The van der Waals surface area contributed by atoms with Crippen LogP contribution < -0.4 is 5.32 Å². The molecule has 110 valence electrons. The van der Waals surface area contributed by atoms with Gasteiger partial charge in [-0.1, -0.05) is 0 Å². The Morgan fingerprint density at radius 2 is 2.10 bits per heavy atom. The van der Waals surface area contributed by atoms with Gasteiger partial charge in [0.2, 0.25) is 0 Å². The van der Waals surface area contributed by atoms with Crippen molar-refractivity contribution in [2.75, 3.05) is 20.3 Å². The molecule has 0 fully saturated rings. The molecule has 1 rings (SSSR count). The van der Waals surface area contributed by atoms with Gasteiger partial charge in [-0.3, -0.25) is 14.9 Å². The number of carbonyl (C=O) groups excluding carboxylic acids is 1. The number of nitrogens with zero attached hydrogens (tertiary/aromatic N) is 1. The van der Waals surface area contributed by atoms with Crippen molar-refractivity contribution in [3.8, 4) is 0 Å². The lowest BCUT2D eigenvalue weighted by Crippen LogP contribution is -2.27. The van der Waals surface area contributed by atoms with E-state index in [0.29, 0.717) is 0 Å². The molecule has 1 aromatic carbocycles. The van der Waals surface area contributed by atoms with E-state index in [-0.39, 0.29) is 18.7 Å². The molecule has 0 heterocycles. The fourth-order valence-electron chi connectivity index (χ4n) is 1.33. The highest BCUT2D eigenvalue weighted by Gasteiger charge is 2.20. The molecule has 0 radical (unpaired) electrons. The molecule has 0 unspecified atom stereocenters. The van der Waals surface area contributed by atoms with Crippen molar-refractivity contribution in [2.24, 2.45) is 0 Å². The molecule has 10 heteroatoms. The molecule has 0 atom stereocenters. The van der Waals surface area contributed by atoms with E-state index in [0.717, 1.165) is 18.2 Å². The summed E-state index contributed by atoms with van der Waals surface area (Å²) in [6.07, 6.45) is 0. The van der Waals surface area contributed by atoms with Crippen LogP contribution in [0.5, 0.6) is 0 Å². The molecule has 8 nitrogen and oxygen atoms in total. The number of hydrogen-bond acceptors (Lipinski definition) is 6. The van der Waals surface area contributed by atoms with Crippen LogP contribution in [0.1, 0.15) is 10.4 Å². The van der Waals surface area contributed by atoms with Crippen LogP contribution in [0.15, 0.2) is 23.1 Å². The van der Waals surface area contributed by atoms with E-state index in [4.69, 9.17) is 15.4 Å². The third-order valence-electron chi connectivity index (χ3n) is 2.24. The molecule has 0 aromatic heterocycles. The minimum atomic E-state index is -4.18. The molecule has 1 amide bonds. The van der Waals surface area contributed by atoms with Crippen molar-refractivity contribution in [2.45, 2.75) is 4.90 Å². The average Bonchev–Trinajstić information content (AvgIpc) is 2.37. The van der Waals surface area contributed by atoms with Crippen molar-refractivity contribution in [3.63, 3.8) is 0 Å². The molecular formula is C10H11ClN2O6S. The van der Waals surface area contributed by atoms with Gasteiger partial charge >= 0.3 is 0 Å². The Bertz CT molecular complexity index is 631. The largest absolute Gasteiger partial charge is 0.383 e. The Kier molecular flexibility index (Phi) is 5.43. The van der Waals surface area contributed by atoms with Crippen molar-refractivity contribution >= 4 is 31.3 Å². The lowest BCUT2D eigenvalue weighted by atomic mass is 10.2. The summed E-state index contributed by atoms with van der Waals surface area (Å²) in [4.78, 5) is 21.2. The molecule has 0 saturated carbocycles. The molecule has 1 N–H and O–H groups in total. The molecule has 20 heavy (non-hydrogen) atoms. The first-order valence-corrected chi connectivity index (χ1v) is 7.58. The zero-order valence-corrected chi connectivity index (χ0v) is 11.9. The summed E-state index contributed by atoms with van der Waals surface area (Å²) in [6, 6.07) is 2.72. The van der Waals surface area contributed by atoms with Crippen LogP contribution in [0, 0.1) is 10.1 Å². The van der Waals surface area contributed by atoms with E-state index in [1.54, 1.807) is 0 Å². The fourth-order valence-corrected chi connectivity index (χ4v) is 2.13. The Morgan fingerprint density at radius 1 is 1.45 bits per heavy atom. The number of benzene rings is 1. The lowest BCUT2D eigenvalue weighted by Gasteiger charge is -2.06. The number of ether oxygens (including phenoxy) is 1. The number of non-ortho nitro benzene ring substituents is 1. The average molecular weight is 323 g/mol. The van der Waals surface area contributed by atoms with Crippen LogP contribution in [-0.4, -0.2) is 39.5 Å². The van der Waals surface area contributed by atoms with Crippen LogP contribution in [0.4, 0.5) is 5.69 Å². The third-order valence-corrected chi connectivity index (χ3v) is 3.57. The fraction of sp³-hybridized carbons (Fsp3) is 0.300. The summed E-state index contributed by atoms with van der Waals surface area (Å²) in [6.45, 7) is 0.433. The first kappa shape index (κ1) is 16.3. The smallest absolute Gasteiger partial charge is 0.271 e. The van der Waals surface area contributed by atoms with Gasteiger partial charge in [-0.2, -0.15) is 0 Å². The standard InChI is InChI=1S/C10H11ClN2O6S/c1-19-3-2-12-10(14)7-4-8(13(15)16)6-9(5-7)20(11,17)18/h4-6H,2-3H2,1H3,(H,12,14). The molecule has 0 spiro atoms. The van der Waals surface area contributed by atoms with E-state index in [1.807, 2.05) is 0 Å². The highest BCUT2D eigenvalue weighted by atomic mass is 35.7. The van der Waals surface area contributed by atoms with Crippen LogP contribution in [-0.2, 0) is 13.8 Å². The molecule has 0 aliphatic carbocycles. The van der Waals surface area contributed by atoms with E-state index >= 15 is 0 Å². The maximum atomic E-state index is 11.7. The minimum absolute atomic E-state index is 0.172. The zero-order chi connectivity index (χ0) is 15.3. The molecule has 0 bridgehead atoms. The number of nitro groups is 1. The van der Waals surface area contributed by atoms with Gasteiger partial charge in [0.25, 0.3) is 20.6 Å². The van der Waals surface area contributed by atoms with Crippen LogP contribution >= 0.6 is 10.7 Å². The summed E-state index contributed by atoms with van der Waals surface area (Å²) in [7, 11) is 2.40. The minimum Gasteiger partial charge on any atom is -0.383 e. The summed E-state index contributed by atoms with van der Waals surface area (Å²) in [5, 5.41) is 13.2. The summed E-state index contributed by atoms with van der Waals surface area (Å²) < 4.78 is 27.2. The van der Waals surface area contributed by atoms with E-state index in [2.05, 4.69) is 5.32 Å². The third kappa shape index (κ3) is 4.44. The first-order chi connectivity index (χ1) is 9.25. The van der Waals surface area contributed by atoms with Gasteiger partial charge < -0.3 is 10.1 Å². The second-order valence-corrected chi connectivity index (χ2v) is 6.23. The van der Waals surface area contributed by atoms with Gasteiger partial charge in [0, 0.05) is 42.0 Å². The molecule has 0 aliphatic rings. The second kappa shape index (κ2) is 6.64. The number of rotatable bonds is 6. The molecular weight excluding hydrogens is 312 g/mol. The van der Waals surface area contributed by atoms with Crippen molar-refractivity contribution < 1.29 is 22.9 Å². The number of nitro benzene ring substituents is 1. The summed E-state index contributed by atoms with van der Waals surface area (Å²) >= 11 is 0. The van der Waals surface area contributed by atoms with E-state index < -0.39 is 30.5 Å². The van der Waals surface area contributed by atoms with Gasteiger partial charge in [0.15, 0.2) is 0 Å². The van der Waals surface area contributed by atoms with Gasteiger partial charge in [0.05, 0.1) is 16.4 Å². The maximum Gasteiger partial charge on any atom is 0.271 e. The lowest BCUT2D eigenvalue weighted by molar-refractivity contribution is -0.385. The Balaban J connectivity index is 3.16. The number of methoxy groups -OCH3 is 1. The number of carbonyl (C=O) groups is 1. The predicted octanol–water partition coefficient (Wildman–Crippen LogP) is 0.899. The summed E-state index contributed by atoms with van der Waals surface area (Å²) in [5.74, 6) is -0.660. The van der Waals surface area contributed by atoms with Crippen molar-refractivity contribution in [1.82, 2.24) is 5.32 Å². The van der Waals surface area contributed by atoms with Crippen LogP contribution in [0.2, 0.25) is 0 Å². The monoisotopic (exact) mass is 322 g/mol. The van der Waals surface area contributed by atoms with Crippen molar-refractivity contribution in [1.29, 1.82) is 0 Å². The topological polar surface area (TPSA) is 116 Å². The number of nitrogens with one attached hydrogen (secondary N) is 1. The van der Waals surface area contributed by atoms with Crippen molar-refractivity contribution in [3.05, 3.63) is 33.9 Å². The quantitative estimate of drug-likeness (QED) is 0.360. The second-order valence-electron chi connectivity index (χ2n) is 3.66. The van der Waals surface area contributed by atoms with E-state index in [1.165, 1.54) is 7.11 Å². The molecule has 1 aromatic rings. The first-order valence-electron chi connectivity index (χ1n) is 5.27. The predicted molar refractivity (Wildman–Crippen MR) is 70.3 cm³/mol. The highest BCUT2D eigenvalue weighted by Crippen LogP contribution is 2.23. The number of hydrogen-bond donors (Lipinski definition) is 1. The summed E-state index contributed by atoms with van der Waals surface area (Å²) in [5.41, 5.74) is -0.710. The number of amides is 1. The van der Waals surface area contributed by atoms with Gasteiger partial charge in [-0.15, -0.1) is 0 Å². The SMILES string of the molecule is COCCNC(=O)c1cc([N+](=O)[O-])cc(S(=O)(=O)Cl)c1. The van der Waals surface area contributed by atoms with Gasteiger partial charge in [0.1, 0.15) is 0 Å². The Morgan fingerprint density at radius 3 is 2.60 bits per heavy atom. The zero-order valence-electron chi connectivity index (χ0n) is 10.3. The normalized spacial score (nSPS) is 11.1. The molecule has 0 aliphatic heterocycles. The Labute approximate surface area is 119 Å². The van der Waals surface area contributed by atoms with Gasteiger partial charge in [-0.25, -0.2) is 8.42 Å².